The maximum Gasteiger partial charge on any atom is 0.135 e. The molecule has 2 N–H and O–H groups in total. The van der Waals surface area contributed by atoms with Gasteiger partial charge in [0.25, 0.3) is 0 Å². The number of H-pyrrole nitrogens is 1. The molecule has 0 amide bonds. The highest BCUT2D eigenvalue weighted by atomic mass is 15.1. The number of aromatic nitrogens is 4. The summed E-state index contributed by atoms with van der Waals surface area (Å²) in [6, 6.07) is 14.6. The first-order valence-corrected chi connectivity index (χ1v) is 11.0. The van der Waals surface area contributed by atoms with Gasteiger partial charge in [0, 0.05) is 48.4 Å². The SMILES string of the molecule is Cc1ccnc(Nc2cc([C@H]3CCCN(Cc4c[nH]c5ccccc45)C3)nc(C)n2)c1. The van der Waals surface area contributed by atoms with Crippen LogP contribution in [0.1, 0.15) is 41.4 Å². The Morgan fingerprint density at radius 2 is 2.00 bits per heavy atom. The van der Waals surface area contributed by atoms with Crippen LogP contribution in [0.5, 0.6) is 0 Å². The number of anilines is 2. The molecule has 1 fully saturated rings. The van der Waals surface area contributed by atoms with E-state index >= 15 is 0 Å². The maximum absolute atomic E-state index is 4.79. The van der Waals surface area contributed by atoms with Gasteiger partial charge in [-0.1, -0.05) is 18.2 Å². The molecular weight excluding hydrogens is 384 g/mol. The fourth-order valence-electron chi connectivity index (χ4n) is 4.54. The first-order valence-electron chi connectivity index (χ1n) is 11.0. The molecule has 5 rings (SSSR count). The quantitative estimate of drug-likeness (QED) is 0.478. The predicted molar refractivity (Wildman–Crippen MR) is 125 cm³/mol. The van der Waals surface area contributed by atoms with Gasteiger partial charge in [0.2, 0.25) is 0 Å². The Hall–Kier alpha value is -3.25. The molecule has 6 heteroatoms. The van der Waals surface area contributed by atoms with Gasteiger partial charge in [0.05, 0.1) is 5.69 Å². The Bertz CT molecular complexity index is 1200. The molecule has 6 nitrogen and oxygen atoms in total. The lowest BCUT2D eigenvalue weighted by molar-refractivity contribution is 0.199. The highest BCUT2D eigenvalue weighted by Crippen LogP contribution is 2.29. The van der Waals surface area contributed by atoms with Crippen molar-refractivity contribution in [1.29, 1.82) is 0 Å². The van der Waals surface area contributed by atoms with Crippen LogP contribution >= 0.6 is 0 Å². The smallest absolute Gasteiger partial charge is 0.135 e. The average molecular weight is 413 g/mol. The van der Waals surface area contributed by atoms with Crippen molar-refractivity contribution in [2.24, 2.45) is 0 Å². The van der Waals surface area contributed by atoms with Crippen LogP contribution in [0.25, 0.3) is 10.9 Å². The summed E-state index contributed by atoms with van der Waals surface area (Å²) in [7, 11) is 0. The van der Waals surface area contributed by atoms with Gasteiger partial charge in [0.1, 0.15) is 17.5 Å². The fraction of sp³-hybridized carbons (Fsp3) is 0.320. The van der Waals surface area contributed by atoms with E-state index in [-0.39, 0.29) is 0 Å². The topological polar surface area (TPSA) is 69.7 Å². The number of nitrogens with one attached hydrogen (secondary N) is 2. The van der Waals surface area contributed by atoms with E-state index in [1.807, 2.05) is 25.3 Å². The number of para-hydroxylation sites is 1. The largest absolute Gasteiger partial charge is 0.361 e. The fourth-order valence-corrected chi connectivity index (χ4v) is 4.54. The Labute approximate surface area is 182 Å². The summed E-state index contributed by atoms with van der Waals surface area (Å²) in [6.07, 6.45) is 6.30. The van der Waals surface area contributed by atoms with E-state index in [0.29, 0.717) is 5.92 Å². The van der Waals surface area contributed by atoms with E-state index in [0.717, 1.165) is 49.2 Å². The minimum Gasteiger partial charge on any atom is -0.361 e. The Morgan fingerprint density at radius 1 is 1.10 bits per heavy atom. The number of likely N-dealkylation sites (tertiary alicyclic amines) is 1. The van der Waals surface area contributed by atoms with Crippen molar-refractivity contribution in [1.82, 2.24) is 24.8 Å². The van der Waals surface area contributed by atoms with Crippen molar-refractivity contribution in [3.8, 4) is 0 Å². The van der Waals surface area contributed by atoms with Gasteiger partial charge in [0.15, 0.2) is 0 Å². The van der Waals surface area contributed by atoms with Crippen LogP contribution in [-0.2, 0) is 6.54 Å². The molecule has 0 aliphatic carbocycles. The molecule has 0 spiro atoms. The number of rotatable bonds is 5. The minimum absolute atomic E-state index is 0.409. The van der Waals surface area contributed by atoms with Crippen molar-refractivity contribution >= 4 is 22.5 Å². The second-order valence-electron chi connectivity index (χ2n) is 8.50. The first-order chi connectivity index (χ1) is 15.1. The molecule has 1 aliphatic heterocycles. The van der Waals surface area contributed by atoms with Crippen molar-refractivity contribution in [2.45, 2.75) is 39.2 Å². The Kier molecular flexibility index (Phi) is 5.38. The molecule has 4 heterocycles. The molecule has 1 aliphatic rings. The monoisotopic (exact) mass is 412 g/mol. The summed E-state index contributed by atoms with van der Waals surface area (Å²) >= 11 is 0. The number of hydrogen-bond donors (Lipinski definition) is 2. The van der Waals surface area contributed by atoms with E-state index in [4.69, 9.17) is 4.98 Å². The van der Waals surface area contributed by atoms with Crippen molar-refractivity contribution < 1.29 is 0 Å². The van der Waals surface area contributed by atoms with Crippen molar-refractivity contribution in [2.75, 3.05) is 18.4 Å². The van der Waals surface area contributed by atoms with Gasteiger partial charge in [-0.05, 0) is 62.6 Å². The molecule has 31 heavy (non-hydrogen) atoms. The van der Waals surface area contributed by atoms with Crippen molar-refractivity contribution in [3.05, 3.63) is 77.5 Å². The third-order valence-corrected chi connectivity index (χ3v) is 6.02. The van der Waals surface area contributed by atoms with Crippen LogP contribution in [0.3, 0.4) is 0 Å². The molecular formula is C25H28N6. The lowest BCUT2D eigenvalue weighted by Gasteiger charge is -2.32. The summed E-state index contributed by atoms with van der Waals surface area (Å²) in [5.74, 6) is 2.83. The summed E-state index contributed by atoms with van der Waals surface area (Å²) < 4.78 is 0. The van der Waals surface area contributed by atoms with Gasteiger partial charge >= 0.3 is 0 Å². The number of aromatic amines is 1. The lowest BCUT2D eigenvalue weighted by Crippen LogP contribution is -2.34. The highest BCUT2D eigenvalue weighted by Gasteiger charge is 2.24. The second kappa shape index (κ2) is 8.47. The molecule has 4 aromatic rings. The van der Waals surface area contributed by atoms with Gasteiger partial charge in [-0.3, -0.25) is 4.90 Å². The Morgan fingerprint density at radius 3 is 2.90 bits per heavy atom. The Balaban J connectivity index is 1.33. The van der Waals surface area contributed by atoms with Crippen LogP contribution in [-0.4, -0.2) is 37.9 Å². The van der Waals surface area contributed by atoms with Crippen LogP contribution < -0.4 is 5.32 Å². The zero-order valence-electron chi connectivity index (χ0n) is 18.1. The minimum atomic E-state index is 0.409. The summed E-state index contributed by atoms with van der Waals surface area (Å²) in [5, 5.41) is 4.67. The number of benzene rings is 1. The molecule has 158 valence electrons. The normalized spacial score (nSPS) is 17.2. The molecule has 1 atom stereocenters. The van der Waals surface area contributed by atoms with E-state index in [1.54, 1.807) is 0 Å². The van der Waals surface area contributed by atoms with E-state index in [9.17, 15) is 0 Å². The summed E-state index contributed by atoms with van der Waals surface area (Å²) in [4.78, 5) is 19.7. The maximum atomic E-state index is 4.79. The number of pyridine rings is 1. The molecule has 3 aromatic heterocycles. The molecule has 0 saturated carbocycles. The number of aryl methyl sites for hydroxylation is 2. The molecule has 1 aromatic carbocycles. The standard InChI is InChI=1S/C25H28N6/c1-17-9-10-26-24(12-17)30-25-13-23(28-18(2)29-25)19-6-5-11-31(15-19)16-20-14-27-22-8-4-3-7-21(20)22/h3-4,7-10,12-14,19,27H,5-6,11,15-16H2,1-2H3,(H,26,28,29,30)/t19-/m0/s1. The molecule has 0 bridgehead atoms. The van der Waals surface area contributed by atoms with Crippen molar-refractivity contribution in [3.63, 3.8) is 0 Å². The average Bonchev–Trinajstić information content (AvgIpc) is 3.16. The highest BCUT2D eigenvalue weighted by molar-refractivity contribution is 5.82. The van der Waals surface area contributed by atoms with Crippen LogP contribution in [0, 0.1) is 13.8 Å². The van der Waals surface area contributed by atoms with Crippen LogP contribution in [0.15, 0.2) is 54.9 Å². The van der Waals surface area contributed by atoms with Crippen LogP contribution in [0.4, 0.5) is 11.6 Å². The molecule has 1 saturated heterocycles. The summed E-state index contributed by atoms with van der Waals surface area (Å²) in [6.45, 7) is 7.12. The van der Waals surface area contributed by atoms with Gasteiger partial charge < -0.3 is 10.3 Å². The van der Waals surface area contributed by atoms with Gasteiger partial charge in [-0.25, -0.2) is 15.0 Å². The van der Waals surface area contributed by atoms with Crippen LogP contribution in [0.2, 0.25) is 0 Å². The zero-order chi connectivity index (χ0) is 21.2. The predicted octanol–water partition coefficient (Wildman–Crippen LogP) is 5.09. The van der Waals surface area contributed by atoms with E-state index in [2.05, 4.69) is 68.6 Å². The summed E-state index contributed by atoms with van der Waals surface area (Å²) in [5.41, 5.74) is 4.86. The third-order valence-electron chi connectivity index (χ3n) is 6.02. The lowest BCUT2D eigenvalue weighted by atomic mass is 9.94. The van der Waals surface area contributed by atoms with Gasteiger partial charge in [-0.15, -0.1) is 0 Å². The van der Waals surface area contributed by atoms with E-state index in [1.165, 1.54) is 28.5 Å². The number of fused-ring (bicyclic) bond motifs is 1. The second-order valence-corrected chi connectivity index (χ2v) is 8.50. The zero-order valence-corrected chi connectivity index (χ0v) is 18.1. The molecule has 0 unspecified atom stereocenters. The third kappa shape index (κ3) is 4.44. The number of hydrogen-bond acceptors (Lipinski definition) is 5. The molecule has 0 radical (unpaired) electrons. The van der Waals surface area contributed by atoms with Gasteiger partial charge in [-0.2, -0.15) is 0 Å². The number of piperidine rings is 1. The first kappa shape index (κ1) is 19.7. The van der Waals surface area contributed by atoms with E-state index < -0.39 is 0 Å². The number of nitrogens with zero attached hydrogens (tertiary/aromatic N) is 4.